The van der Waals surface area contributed by atoms with Gasteiger partial charge >= 0.3 is 0 Å². The fraction of sp³-hybridized carbons (Fsp3) is 0.286. The van der Waals surface area contributed by atoms with Crippen LogP contribution in [0.25, 0.3) is 0 Å². The van der Waals surface area contributed by atoms with E-state index in [-0.39, 0.29) is 5.91 Å². The lowest BCUT2D eigenvalue weighted by Crippen LogP contribution is -2.13. The van der Waals surface area contributed by atoms with Gasteiger partial charge in [-0.1, -0.05) is 43.3 Å². The molecule has 27 heavy (non-hydrogen) atoms. The van der Waals surface area contributed by atoms with E-state index in [0.29, 0.717) is 23.9 Å². The Kier molecular flexibility index (Phi) is 5.86. The average molecular weight is 364 g/mol. The molecule has 2 aromatic carbocycles. The van der Waals surface area contributed by atoms with Crippen LogP contribution < -0.4 is 10.6 Å². The number of hydrogen-bond acceptors (Lipinski definition) is 5. The minimum atomic E-state index is -0.133. The number of benzene rings is 2. The predicted octanol–water partition coefficient (Wildman–Crippen LogP) is 4.44. The largest absolute Gasteiger partial charge is 0.376 e. The Morgan fingerprint density at radius 2 is 1.81 bits per heavy atom. The number of aromatic nitrogens is 2. The summed E-state index contributed by atoms with van der Waals surface area (Å²) in [6, 6.07) is 14.9. The van der Waals surface area contributed by atoms with E-state index in [2.05, 4.69) is 34.6 Å². The molecule has 0 atom stereocenters. The van der Waals surface area contributed by atoms with Crippen molar-refractivity contribution in [1.29, 1.82) is 0 Å². The van der Waals surface area contributed by atoms with E-state index in [1.165, 1.54) is 0 Å². The maximum Gasteiger partial charge on any atom is 0.255 e. The summed E-state index contributed by atoms with van der Waals surface area (Å²) in [4.78, 5) is 16.8. The Bertz CT molecular complexity index is 904. The van der Waals surface area contributed by atoms with Crippen molar-refractivity contribution in [2.45, 2.75) is 33.7 Å². The maximum absolute atomic E-state index is 12.4. The zero-order valence-electron chi connectivity index (χ0n) is 15.8. The molecule has 0 aliphatic heterocycles. The molecule has 1 heterocycles. The van der Waals surface area contributed by atoms with E-state index in [4.69, 9.17) is 4.52 Å². The summed E-state index contributed by atoms with van der Waals surface area (Å²) in [5.41, 5.74) is 3.24. The molecule has 6 nitrogen and oxygen atoms in total. The third kappa shape index (κ3) is 4.94. The number of carbonyl (C=O) groups is 1. The highest BCUT2D eigenvalue weighted by molar-refractivity contribution is 6.04. The molecule has 0 saturated heterocycles. The lowest BCUT2D eigenvalue weighted by atomic mass is 10.1. The molecule has 0 spiro atoms. The first-order valence-corrected chi connectivity index (χ1v) is 9.04. The van der Waals surface area contributed by atoms with Crippen molar-refractivity contribution < 1.29 is 9.32 Å². The molecule has 0 bridgehead atoms. The molecule has 0 unspecified atom stereocenters. The molecule has 0 fully saturated rings. The van der Waals surface area contributed by atoms with Crippen LogP contribution in [0.1, 0.15) is 41.5 Å². The number of nitrogens with one attached hydrogen (secondary N) is 2. The summed E-state index contributed by atoms with van der Waals surface area (Å²) < 4.78 is 5.29. The maximum atomic E-state index is 12.4. The van der Waals surface area contributed by atoms with Crippen molar-refractivity contribution in [2.75, 3.05) is 10.6 Å². The predicted molar refractivity (Wildman–Crippen MR) is 106 cm³/mol. The fourth-order valence-electron chi connectivity index (χ4n) is 2.73. The van der Waals surface area contributed by atoms with Crippen LogP contribution in [0.3, 0.4) is 0 Å². The second kappa shape index (κ2) is 8.49. The van der Waals surface area contributed by atoms with Crippen molar-refractivity contribution in [3.63, 3.8) is 0 Å². The molecular weight excluding hydrogens is 340 g/mol. The Morgan fingerprint density at radius 3 is 2.56 bits per heavy atom. The quantitative estimate of drug-likeness (QED) is 0.648. The van der Waals surface area contributed by atoms with Gasteiger partial charge in [0.05, 0.1) is 6.54 Å². The van der Waals surface area contributed by atoms with Gasteiger partial charge in [0, 0.05) is 23.4 Å². The molecule has 1 aromatic heterocycles. The van der Waals surface area contributed by atoms with Crippen molar-refractivity contribution >= 4 is 17.3 Å². The second-order valence-corrected chi connectivity index (χ2v) is 6.85. The first-order chi connectivity index (χ1) is 13.0. The van der Waals surface area contributed by atoms with Gasteiger partial charge in [0.2, 0.25) is 5.89 Å². The molecule has 1 amide bonds. The third-order valence-corrected chi connectivity index (χ3v) is 4.15. The Morgan fingerprint density at radius 1 is 1.07 bits per heavy atom. The van der Waals surface area contributed by atoms with Crippen LogP contribution >= 0.6 is 0 Å². The monoisotopic (exact) mass is 364 g/mol. The third-order valence-electron chi connectivity index (χ3n) is 4.15. The highest BCUT2D eigenvalue weighted by atomic mass is 16.5. The highest BCUT2D eigenvalue weighted by Crippen LogP contribution is 2.24. The van der Waals surface area contributed by atoms with Gasteiger partial charge < -0.3 is 15.2 Å². The van der Waals surface area contributed by atoms with Crippen molar-refractivity contribution in [3.8, 4) is 0 Å². The summed E-state index contributed by atoms with van der Waals surface area (Å²) in [6.07, 6.45) is 0.795. The summed E-state index contributed by atoms with van der Waals surface area (Å²) in [7, 11) is 0. The SMILES string of the molecule is Cc1c(NCc2nc(CC(C)C)no2)cccc1NC(=O)c1ccccc1. The fourth-order valence-corrected chi connectivity index (χ4v) is 2.73. The van der Waals surface area contributed by atoms with Crippen LogP contribution in [-0.2, 0) is 13.0 Å². The number of rotatable bonds is 7. The first-order valence-electron chi connectivity index (χ1n) is 9.04. The molecule has 2 N–H and O–H groups in total. The molecule has 0 radical (unpaired) electrons. The van der Waals surface area contributed by atoms with Gasteiger partial charge in [0.1, 0.15) is 0 Å². The van der Waals surface area contributed by atoms with Crippen LogP contribution in [0.5, 0.6) is 0 Å². The van der Waals surface area contributed by atoms with Crippen molar-refractivity contribution in [1.82, 2.24) is 10.1 Å². The van der Waals surface area contributed by atoms with Crippen LogP contribution in [0.2, 0.25) is 0 Å². The van der Waals surface area contributed by atoms with Crippen LogP contribution in [0.4, 0.5) is 11.4 Å². The van der Waals surface area contributed by atoms with E-state index in [9.17, 15) is 4.79 Å². The molecule has 0 aliphatic rings. The average Bonchev–Trinajstić information content (AvgIpc) is 3.09. The van der Waals surface area contributed by atoms with Gasteiger partial charge in [-0.15, -0.1) is 0 Å². The second-order valence-electron chi connectivity index (χ2n) is 6.85. The smallest absolute Gasteiger partial charge is 0.255 e. The first kappa shape index (κ1) is 18.6. The van der Waals surface area contributed by atoms with Gasteiger partial charge in [0.15, 0.2) is 5.82 Å². The summed E-state index contributed by atoms with van der Waals surface area (Å²) >= 11 is 0. The highest BCUT2D eigenvalue weighted by Gasteiger charge is 2.11. The van der Waals surface area contributed by atoms with Gasteiger partial charge in [-0.2, -0.15) is 4.98 Å². The van der Waals surface area contributed by atoms with Crippen LogP contribution in [0, 0.1) is 12.8 Å². The van der Waals surface area contributed by atoms with Crippen LogP contribution in [0.15, 0.2) is 53.1 Å². The Labute approximate surface area is 159 Å². The number of hydrogen-bond donors (Lipinski definition) is 2. The van der Waals surface area contributed by atoms with E-state index in [0.717, 1.165) is 29.2 Å². The van der Waals surface area contributed by atoms with E-state index in [1.54, 1.807) is 12.1 Å². The van der Waals surface area contributed by atoms with Gasteiger partial charge in [0.25, 0.3) is 5.91 Å². The van der Waals surface area contributed by atoms with Gasteiger partial charge in [-0.25, -0.2) is 0 Å². The molecular formula is C21H24N4O2. The van der Waals surface area contributed by atoms with E-state index in [1.807, 2.05) is 43.3 Å². The normalized spacial score (nSPS) is 10.8. The molecule has 3 rings (SSSR count). The summed E-state index contributed by atoms with van der Waals surface area (Å²) in [5.74, 6) is 1.62. The Hall–Kier alpha value is -3.15. The molecule has 140 valence electrons. The minimum absolute atomic E-state index is 0.133. The number of nitrogens with zero attached hydrogens (tertiary/aromatic N) is 2. The van der Waals surface area contributed by atoms with Gasteiger partial charge in [-0.3, -0.25) is 4.79 Å². The molecule has 0 saturated carbocycles. The van der Waals surface area contributed by atoms with Crippen molar-refractivity contribution in [2.24, 2.45) is 5.92 Å². The van der Waals surface area contributed by atoms with E-state index < -0.39 is 0 Å². The van der Waals surface area contributed by atoms with Gasteiger partial charge in [-0.05, 0) is 42.7 Å². The number of amides is 1. The Balaban J connectivity index is 1.66. The number of anilines is 2. The molecule has 0 aliphatic carbocycles. The minimum Gasteiger partial charge on any atom is -0.376 e. The summed E-state index contributed by atoms with van der Waals surface area (Å²) in [5, 5.41) is 10.3. The number of carbonyl (C=O) groups excluding carboxylic acids is 1. The van der Waals surface area contributed by atoms with E-state index >= 15 is 0 Å². The lowest BCUT2D eigenvalue weighted by molar-refractivity contribution is 0.102. The van der Waals surface area contributed by atoms with Crippen molar-refractivity contribution in [3.05, 3.63) is 71.4 Å². The topological polar surface area (TPSA) is 80.1 Å². The summed E-state index contributed by atoms with van der Waals surface area (Å²) in [6.45, 7) is 6.63. The molecule has 3 aromatic rings. The lowest BCUT2D eigenvalue weighted by Gasteiger charge is -2.13. The zero-order chi connectivity index (χ0) is 19.2. The zero-order valence-corrected chi connectivity index (χ0v) is 15.8. The molecule has 6 heteroatoms. The van der Waals surface area contributed by atoms with Crippen LogP contribution in [-0.4, -0.2) is 16.0 Å². The standard InChI is InChI=1S/C21H24N4O2/c1-14(2)12-19-24-20(27-25-19)13-22-17-10-7-11-18(15(17)3)23-21(26)16-8-5-4-6-9-16/h4-11,14,22H,12-13H2,1-3H3,(H,23,26).